The van der Waals surface area contributed by atoms with Gasteiger partial charge in [0.05, 0.1) is 43.3 Å². The van der Waals surface area contributed by atoms with E-state index in [2.05, 4.69) is 16.8 Å². The van der Waals surface area contributed by atoms with E-state index in [1.54, 1.807) is 4.90 Å². The van der Waals surface area contributed by atoms with E-state index in [0.29, 0.717) is 5.69 Å². The molecule has 7 heteroatoms. The third kappa shape index (κ3) is 4.00. The molecule has 26 heavy (non-hydrogen) atoms. The zero-order valence-electron chi connectivity index (χ0n) is 14.7. The van der Waals surface area contributed by atoms with E-state index in [9.17, 15) is 15.2 Å². The van der Waals surface area contributed by atoms with Crippen molar-refractivity contribution in [3.05, 3.63) is 58.1 Å². The number of anilines is 1. The minimum atomic E-state index is -0.672. The van der Waals surface area contributed by atoms with Crippen LogP contribution in [0.5, 0.6) is 5.75 Å². The number of rotatable bonds is 5. The van der Waals surface area contributed by atoms with Crippen LogP contribution < -0.4 is 14.9 Å². The third-order valence-electron chi connectivity index (χ3n) is 4.76. The van der Waals surface area contributed by atoms with Crippen molar-refractivity contribution in [2.24, 2.45) is 4.99 Å². The van der Waals surface area contributed by atoms with Crippen molar-refractivity contribution in [2.75, 3.05) is 37.6 Å². The van der Waals surface area contributed by atoms with Crippen LogP contribution in [0.4, 0.5) is 17.1 Å². The van der Waals surface area contributed by atoms with E-state index in [0.717, 1.165) is 26.2 Å². The first-order valence-corrected chi connectivity index (χ1v) is 8.75. The predicted molar refractivity (Wildman–Crippen MR) is 99.7 cm³/mol. The summed E-state index contributed by atoms with van der Waals surface area (Å²) in [7, 11) is 0. The van der Waals surface area contributed by atoms with Gasteiger partial charge in [0.2, 0.25) is 0 Å². The topological polar surface area (TPSA) is 86.2 Å². The largest absolute Gasteiger partial charge is 0.867 e. The van der Waals surface area contributed by atoms with E-state index in [1.807, 2.05) is 24.3 Å². The summed E-state index contributed by atoms with van der Waals surface area (Å²) >= 11 is 0. The molecule has 136 valence electrons. The molecule has 1 N–H and O–H groups in total. The number of quaternary nitrogens is 1. The SMILES string of the molecule is CC[NH+]1CCN(c2ccc(N=Cc3cccc([N+](=O)[O-])c3[O-])cc2)CC1. The summed E-state index contributed by atoms with van der Waals surface area (Å²) in [4.78, 5) is 18.4. The number of benzene rings is 2. The Morgan fingerprint density at radius 1 is 1.19 bits per heavy atom. The van der Waals surface area contributed by atoms with Gasteiger partial charge in [-0.2, -0.15) is 0 Å². The fourth-order valence-electron chi connectivity index (χ4n) is 3.12. The quantitative estimate of drug-likeness (QED) is 0.496. The van der Waals surface area contributed by atoms with Gasteiger partial charge in [0, 0.05) is 18.0 Å². The number of nitro benzene ring substituents is 1. The number of aliphatic imine (C=N–C) groups is 1. The van der Waals surface area contributed by atoms with Gasteiger partial charge in [0.15, 0.2) is 0 Å². The standard InChI is InChI=1S/C19H22N4O3/c1-2-21-10-12-22(13-11-21)17-8-6-16(7-9-17)20-14-15-4-3-5-18(19(15)24)23(25)26/h3-9,14,24H,2,10-13H2,1H3. The molecule has 0 aliphatic carbocycles. The van der Waals surface area contributed by atoms with Crippen molar-refractivity contribution in [1.82, 2.24) is 0 Å². The van der Waals surface area contributed by atoms with Crippen LogP contribution in [0, 0.1) is 10.1 Å². The zero-order chi connectivity index (χ0) is 18.5. The highest BCUT2D eigenvalue weighted by Crippen LogP contribution is 2.26. The molecule has 0 aromatic heterocycles. The molecule has 1 heterocycles. The monoisotopic (exact) mass is 354 g/mol. The summed E-state index contributed by atoms with van der Waals surface area (Å²) in [6.45, 7) is 7.76. The Bertz CT molecular complexity index is 797. The Kier molecular flexibility index (Phi) is 5.48. The minimum Gasteiger partial charge on any atom is -0.867 e. The van der Waals surface area contributed by atoms with Crippen LogP contribution in [0.3, 0.4) is 0 Å². The Hall–Kier alpha value is -2.93. The fraction of sp³-hybridized carbons (Fsp3) is 0.316. The van der Waals surface area contributed by atoms with Gasteiger partial charge in [-0.25, -0.2) is 0 Å². The highest BCUT2D eigenvalue weighted by molar-refractivity contribution is 5.87. The van der Waals surface area contributed by atoms with Crippen molar-refractivity contribution < 1.29 is 14.9 Å². The molecule has 0 amide bonds. The van der Waals surface area contributed by atoms with Crippen molar-refractivity contribution >= 4 is 23.3 Å². The van der Waals surface area contributed by atoms with Gasteiger partial charge in [0.1, 0.15) is 0 Å². The number of hydrogen-bond acceptors (Lipinski definition) is 5. The first-order chi connectivity index (χ1) is 12.6. The molecule has 0 atom stereocenters. The number of piperazine rings is 1. The van der Waals surface area contributed by atoms with Crippen LogP contribution in [-0.2, 0) is 0 Å². The molecule has 0 spiro atoms. The maximum Gasteiger partial charge on any atom is 0.262 e. The summed E-state index contributed by atoms with van der Waals surface area (Å²) in [6.07, 6.45) is 1.38. The molecule has 0 saturated carbocycles. The second-order valence-electron chi connectivity index (χ2n) is 6.32. The molecule has 7 nitrogen and oxygen atoms in total. The zero-order valence-corrected chi connectivity index (χ0v) is 14.7. The Labute approximate surface area is 152 Å². The summed E-state index contributed by atoms with van der Waals surface area (Å²) in [5, 5.41) is 22.8. The highest BCUT2D eigenvalue weighted by Gasteiger charge is 2.18. The molecule has 1 saturated heterocycles. The van der Waals surface area contributed by atoms with Gasteiger partial charge in [-0.05, 0) is 42.5 Å². The van der Waals surface area contributed by atoms with Crippen LogP contribution >= 0.6 is 0 Å². The lowest BCUT2D eigenvalue weighted by Crippen LogP contribution is -3.14. The van der Waals surface area contributed by atoms with E-state index in [-0.39, 0.29) is 5.56 Å². The molecule has 3 rings (SSSR count). The maximum atomic E-state index is 12.0. The average Bonchev–Trinajstić information content (AvgIpc) is 2.67. The molecule has 2 aromatic rings. The number of nitrogens with one attached hydrogen (secondary N) is 1. The lowest BCUT2D eigenvalue weighted by Gasteiger charge is -2.33. The Morgan fingerprint density at radius 2 is 1.88 bits per heavy atom. The van der Waals surface area contributed by atoms with Crippen LogP contribution in [0.25, 0.3) is 0 Å². The molecule has 0 radical (unpaired) electrons. The molecule has 1 fully saturated rings. The number of hydrogen-bond donors (Lipinski definition) is 1. The molecular weight excluding hydrogens is 332 g/mol. The summed E-state index contributed by atoms with van der Waals surface area (Å²) in [6, 6.07) is 12.1. The van der Waals surface area contributed by atoms with Crippen LogP contribution in [0.1, 0.15) is 12.5 Å². The third-order valence-corrected chi connectivity index (χ3v) is 4.76. The summed E-state index contributed by atoms with van der Waals surface area (Å²) in [5.74, 6) is -0.617. The van der Waals surface area contributed by atoms with Crippen LogP contribution in [0.2, 0.25) is 0 Å². The molecule has 1 aliphatic rings. The van der Waals surface area contributed by atoms with Gasteiger partial charge < -0.3 is 14.9 Å². The van der Waals surface area contributed by atoms with E-state index < -0.39 is 16.4 Å². The van der Waals surface area contributed by atoms with E-state index in [4.69, 9.17) is 0 Å². The number of likely N-dealkylation sites (N-methyl/N-ethyl adjacent to an activating group) is 1. The van der Waals surface area contributed by atoms with Crippen molar-refractivity contribution in [2.45, 2.75) is 6.92 Å². The van der Waals surface area contributed by atoms with E-state index >= 15 is 0 Å². The first-order valence-electron chi connectivity index (χ1n) is 8.75. The number of para-hydroxylation sites is 1. The van der Waals surface area contributed by atoms with Gasteiger partial charge >= 0.3 is 0 Å². The molecule has 2 aromatic carbocycles. The van der Waals surface area contributed by atoms with Gasteiger partial charge in [0.25, 0.3) is 5.69 Å². The molecular formula is C19H22N4O3. The number of nitrogens with zero attached hydrogens (tertiary/aromatic N) is 3. The molecule has 0 bridgehead atoms. The lowest BCUT2D eigenvalue weighted by atomic mass is 10.2. The summed E-state index contributed by atoms with van der Waals surface area (Å²) in [5.41, 5.74) is 1.65. The van der Waals surface area contributed by atoms with Crippen LogP contribution in [0.15, 0.2) is 47.5 Å². The summed E-state index contributed by atoms with van der Waals surface area (Å²) < 4.78 is 0. The van der Waals surface area contributed by atoms with Crippen molar-refractivity contribution in [3.63, 3.8) is 0 Å². The predicted octanol–water partition coefficient (Wildman–Crippen LogP) is 1.14. The van der Waals surface area contributed by atoms with Crippen molar-refractivity contribution in [1.29, 1.82) is 0 Å². The Morgan fingerprint density at radius 3 is 2.50 bits per heavy atom. The second kappa shape index (κ2) is 7.97. The van der Waals surface area contributed by atoms with E-state index in [1.165, 1.54) is 36.6 Å². The maximum absolute atomic E-state index is 12.0. The molecule has 1 aliphatic heterocycles. The van der Waals surface area contributed by atoms with Crippen molar-refractivity contribution in [3.8, 4) is 5.75 Å². The van der Waals surface area contributed by atoms with Gasteiger partial charge in [-0.3, -0.25) is 15.1 Å². The number of nitro groups is 1. The smallest absolute Gasteiger partial charge is 0.262 e. The molecule has 0 unspecified atom stereocenters. The van der Waals surface area contributed by atoms with Crippen LogP contribution in [-0.4, -0.2) is 43.9 Å². The van der Waals surface area contributed by atoms with Gasteiger partial charge in [-0.15, -0.1) is 0 Å². The Balaban J connectivity index is 1.69. The average molecular weight is 354 g/mol. The van der Waals surface area contributed by atoms with Gasteiger partial charge in [-0.1, -0.05) is 12.1 Å². The minimum absolute atomic E-state index is 0.210. The normalized spacial score (nSPS) is 15.5. The highest BCUT2D eigenvalue weighted by atomic mass is 16.6. The fourth-order valence-corrected chi connectivity index (χ4v) is 3.12. The second-order valence-corrected chi connectivity index (χ2v) is 6.32. The lowest BCUT2D eigenvalue weighted by molar-refractivity contribution is -0.898. The first kappa shape index (κ1) is 17.9.